The van der Waals surface area contributed by atoms with E-state index < -0.39 is 5.41 Å². The highest BCUT2D eigenvalue weighted by Crippen LogP contribution is 2.64. The quantitative estimate of drug-likeness (QED) is 0.187. The van der Waals surface area contributed by atoms with Gasteiger partial charge >= 0.3 is 0 Å². The Balaban J connectivity index is 1.40. The smallest absolute Gasteiger partial charge is 0.184 e. The SMILES string of the molecule is CC#COc1cc2c(cc1OC#CC)C1(c3ccccc3-c3cc(-c4cccc(-c5ccccn5)c4)ccc31)c1cc(C)c(C)cc1-2. The number of benzene rings is 5. The summed E-state index contributed by atoms with van der Waals surface area (Å²) >= 11 is 0. The van der Waals surface area contributed by atoms with E-state index in [1.807, 2.05) is 18.3 Å². The maximum absolute atomic E-state index is 6.00. The molecule has 3 heteroatoms. The van der Waals surface area contributed by atoms with E-state index in [1.165, 1.54) is 44.5 Å². The molecule has 8 rings (SSSR count). The Kier molecular flexibility index (Phi) is 6.71. The molecule has 0 fully saturated rings. The highest BCUT2D eigenvalue weighted by Gasteiger charge is 2.52. The second-order valence-corrected chi connectivity index (χ2v) is 12.1. The highest BCUT2D eigenvalue weighted by molar-refractivity contribution is 5.97. The standard InChI is InChI=1S/C44H31NO2/c1-5-20-46-42-26-36-34-22-28(3)29(4)23-39(34)44(40(36)27-43(42)47-21-6-2)37-15-8-7-14-33(37)35-25-31(17-18-38(35)44)30-12-11-13-32(24-30)41-16-9-10-19-45-41/h7-19,22-27H,1-4H3. The molecule has 0 aliphatic heterocycles. The minimum atomic E-state index is -0.546. The number of pyridine rings is 1. The van der Waals surface area contributed by atoms with Gasteiger partial charge in [0.25, 0.3) is 0 Å². The van der Waals surface area contributed by atoms with Crippen LogP contribution in [0.1, 0.15) is 47.2 Å². The zero-order valence-electron chi connectivity index (χ0n) is 26.7. The molecule has 1 spiro atoms. The van der Waals surface area contributed by atoms with Crippen molar-refractivity contribution in [3.05, 3.63) is 149 Å². The summed E-state index contributed by atoms with van der Waals surface area (Å²) in [4.78, 5) is 4.59. The van der Waals surface area contributed by atoms with Crippen LogP contribution >= 0.6 is 0 Å². The molecule has 0 saturated heterocycles. The van der Waals surface area contributed by atoms with E-state index in [4.69, 9.17) is 9.47 Å². The van der Waals surface area contributed by atoms with Crippen molar-refractivity contribution >= 4 is 0 Å². The van der Waals surface area contributed by atoms with Crippen LogP contribution in [0.2, 0.25) is 0 Å². The van der Waals surface area contributed by atoms with Gasteiger partial charge in [0.15, 0.2) is 11.5 Å². The molecule has 6 aromatic rings. The van der Waals surface area contributed by atoms with Crippen molar-refractivity contribution < 1.29 is 9.47 Å². The van der Waals surface area contributed by atoms with Gasteiger partial charge < -0.3 is 9.47 Å². The summed E-state index contributed by atoms with van der Waals surface area (Å²) in [5.41, 5.74) is 16.0. The normalized spacial score (nSPS) is 14.6. The Morgan fingerprint density at radius 3 is 1.94 bits per heavy atom. The summed E-state index contributed by atoms with van der Waals surface area (Å²) in [6.07, 6.45) is 7.39. The first-order chi connectivity index (χ1) is 23.0. The highest BCUT2D eigenvalue weighted by atomic mass is 16.5. The number of nitrogens with zero attached hydrogens (tertiary/aromatic N) is 1. The lowest BCUT2D eigenvalue weighted by molar-refractivity contribution is 0.451. The van der Waals surface area contributed by atoms with Crippen LogP contribution in [0, 0.1) is 37.9 Å². The first kappa shape index (κ1) is 28.4. The van der Waals surface area contributed by atoms with Crippen LogP contribution in [0.4, 0.5) is 0 Å². The van der Waals surface area contributed by atoms with Crippen LogP contribution in [-0.4, -0.2) is 4.98 Å². The number of hydrogen-bond acceptors (Lipinski definition) is 3. The number of aryl methyl sites for hydroxylation is 2. The Labute approximate surface area is 275 Å². The molecule has 0 saturated carbocycles. The fourth-order valence-corrected chi connectivity index (χ4v) is 7.39. The van der Waals surface area contributed by atoms with Gasteiger partial charge in [0.05, 0.1) is 11.1 Å². The van der Waals surface area contributed by atoms with Gasteiger partial charge in [0.1, 0.15) is 12.2 Å². The number of hydrogen-bond donors (Lipinski definition) is 0. The van der Waals surface area contributed by atoms with Gasteiger partial charge in [0.2, 0.25) is 0 Å². The lowest BCUT2D eigenvalue weighted by atomic mass is 9.70. The molecule has 1 unspecified atom stereocenters. The molecule has 1 atom stereocenters. The molecular formula is C44H31NO2. The summed E-state index contributed by atoms with van der Waals surface area (Å²) in [5.74, 6) is 6.81. The summed E-state index contributed by atoms with van der Waals surface area (Å²) < 4.78 is 11.9. The molecule has 47 heavy (non-hydrogen) atoms. The van der Waals surface area contributed by atoms with Crippen molar-refractivity contribution in [1.29, 1.82) is 0 Å². The zero-order chi connectivity index (χ0) is 32.1. The third-order valence-electron chi connectivity index (χ3n) is 9.54. The van der Waals surface area contributed by atoms with Crippen molar-refractivity contribution in [3.63, 3.8) is 0 Å². The fraction of sp³-hybridized carbons (Fsp3) is 0.114. The molecule has 1 aromatic heterocycles. The third kappa shape index (κ3) is 4.28. The summed E-state index contributed by atoms with van der Waals surface area (Å²) in [5, 5.41) is 0. The molecule has 0 bridgehead atoms. The Bertz CT molecular complexity index is 2360. The molecule has 0 N–H and O–H groups in total. The minimum Gasteiger partial charge on any atom is -0.404 e. The Morgan fingerprint density at radius 2 is 1.15 bits per heavy atom. The molecule has 0 amide bonds. The average molecular weight is 606 g/mol. The molecular weight excluding hydrogens is 574 g/mol. The summed E-state index contributed by atoms with van der Waals surface area (Å²) in [6.45, 7) is 7.89. The lowest BCUT2D eigenvalue weighted by Gasteiger charge is -2.31. The van der Waals surface area contributed by atoms with Gasteiger partial charge in [0, 0.05) is 25.6 Å². The minimum absolute atomic E-state index is 0.546. The molecule has 2 aliphatic rings. The van der Waals surface area contributed by atoms with Crippen molar-refractivity contribution in [2.45, 2.75) is 33.1 Å². The molecule has 1 heterocycles. The van der Waals surface area contributed by atoms with Crippen LogP contribution in [0.25, 0.3) is 44.6 Å². The van der Waals surface area contributed by atoms with Crippen molar-refractivity contribution in [2.75, 3.05) is 0 Å². The van der Waals surface area contributed by atoms with Crippen LogP contribution in [0.5, 0.6) is 11.5 Å². The van der Waals surface area contributed by atoms with Gasteiger partial charge in [-0.1, -0.05) is 84.6 Å². The van der Waals surface area contributed by atoms with Gasteiger partial charge in [-0.25, -0.2) is 0 Å². The van der Waals surface area contributed by atoms with Crippen LogP contribution in [-0.2, 0) is 5.41 Å². The predicted molar refractivity (Wildman–Crippen MR) is 189 cm³/mol. The van der Waals surface area contributed by atoms with Crippen molar-refractivity contribution in [3.8, 4) is 80.2 Å². The van der Waals surface area contributed by atoms with Gasteiger partial charge in [-0.3, -0.25) is 4.98 Å². The number of ether oxygens (including phenoxy) is 2. The molecule has 2 aliphatic carbocycles. The van der Waals surface area contributed by atoms with Gasteiger partial charge in [-0.2, -0.15) is 0 Å². The monoisotopic (exact) mass is 605 g/mol. The van der Waals surface area contributed by atoms with Crippen molar-refractivity contribution in [1.82, 2.24) is 4.98 Å². The second-order valence-electron chi connectivity index (χ2n) is 12.1. The van der Waals surface area contributed by atoms with E-state index in [2.05, 4.69) is 140 Å². The molecule has 0 radical (unpaired) electrons. The van der Waals surface area contributed by atoms with Crippen LogP contribution < -0.4 is 9.47 Å². The lowest BCUT2D eigenvalue weighted by Crippen LogP contribution is -2.26. The second kappa shape index (κ2) is 11.1. The van der Waals surface area contributed by atoms with E-state index in [-0.39, 0.29) is 0 Å². The molecule has 5 aromatic carbocycles. The third-order valence-corrected chi connectivity index (χ3v) is 9.54. The number of fused-ring (bicyclic) bond motifs is 10. The largest absolute Gasteiger partial charge is 0.404 e. The van der Waals surface area contributed by atoms with E-state index in [0.29, 0.717) is 11.5 Å². The summed E-state index contributed by atoms with van der Waals surface area (Å²) in [6, 6.07) is 39.3. The van der Waals surface area contributed by atoms with E-state index in [9.17, 15) is 0 Å². The van der Waals surface area contributed by atoms with Gasteiger partial charge in [-0.15, -0.1) is 0 Å². The fourth-order valence-electron chi connectivity index (χ4n) is 7.39. The van der Waals surface area contributed by atoms with Crippen LogP contribution in [0.15, 0.2) is 115 Å². The van der Waals surface area contributed by atoms with Gasteiger partial charge in [-0.05, 0) is 117 Å². The van der Waals surface area contributed by atoms with Crippen molar-refractivity contribution in [2.24, 2.45) is 0 Å². The number of aromatic nitrogens is 1. The van der Waals surface area contributed by atoms with E-state index in [0.717, 1.165) is 33.5 Å². The van der Waals surface area contributed by atoms with E-state index in [1.54, 1.807) is 13.8 Å². The Hall–Kier alpha value is -6.03. The first-order valence-electron chi connectivity index (χ1n) is 15.8. The number of rotatable bonds is 4. The average Bonchev–Trinajstić information content (AvgIpc) is 3.55. The maximum Gasteiger partial charge on any atom is 0.184 e. The first-order valence-corrected chi connectivity index (χ1v) is 15.8. The molecule has 224 valence electrons. The zero-order valence-corrected chi connectivity index (χ0v) is 26.7. The maximum atomic E-state index is 6.00. The Morgan fingerprint density at radius 1 is 0.511 bits per heavy atom. The molecule has 3 nitrogen and oxygen atoms in total. The predicted octanol–water partition coefficient (Wildman–Crippen LogP) is 10.1. The van der Waals surface area contributed by atoms with Crippen LogP contribution in [0.3, 0.4) is 0 Å². The summed E-state index contributed by atoms with van der Waals surface area (Å²) in [7, 11) is 0. The van der Waals surface area contributed by atoms with E-state index >= 15 is 0 Å². The topological polar surface area (TPSA) is 31.4 Å².